The van der Waals surface area contributed by atoms with E-state index in [2.05, 4.69) is 50.3 Å². The van der Waals surface area contributed by atoms with Gasteiger partial charge in [0.05, 0.1) is 19.1 Å². The Morgan fingerprint density at radius 2 is 1.67 bits per heavy atom. The van der Waals surface area contributed by atoms with Crippen LogP contribution >= 0.6 is 0 Å². The van der Waals surface area contributed by atoms with Crippen molar-refractivity contribution >= 4 is 17.9 Å². The number of amides is 2. The van der Waals surface area contributed by atoms with Gasteiger partial charge in [0.15, 0.2) is 0 Å². The molecule has 11 heteroatoms. The van der Waals surface area contributed by atoms with E-state index in [0.717, 1.165) is 40.7 Å². The van der Waals surface area contributed by atoms with Crippen molar-refractivity contribution in [2.24, 2.45) is 5.41 Å². The van der Waals surface area contributed by atoms with Gasteiger partial charge in [-0.2, -0.15) is 0 Å². The van der Waals surface area contributed by atoms with Crippen LogP contribution in [0.25, 0.3) is 6.08 Å². The molecule has 2 fully saturated rings. The fraction of sp³-hybridized carbons (Fsp3) is 0.610. The summed E-state index contributed by atoms with van der Waals surface area (Å²) in [5.74, 6) is 0.341. The molecule has 4 rings (SSSR count). The van der Waals surface area contributed by atoms with Crippen molar-refractivity contribution < 1.29 is 39.5 Å². The minimum absolute atomic E-state index is 0.0677. The number of aliphatic hydroxyl groups excluding tert-OH is 4. The molecular weight excluding hydrogens is 662 g/mol. The molecule has 0 unspecified atom stereocenters. The second-order valence-electron chi connectivity index (χ2n) is 16.2. The molecule has 2 aromatic rings. The van der Waals surface area contributed by atoms with Crippen LogP contribution < -0.4 is 10.1 Å². The van der Waals surface area contributed by atoms with Crippen LogP contribution in [-0.4, -0.2) is 119 Å². The molecule has 11 nitrogen and oxygen atoms in total. The van der Waals surface area contributed by atoms with Gasteiger partial charge >= 0.3 is 0 Å². The van der Waals surface area contributed by atoms with Crippen molar-refractivity contribution in [2.75, 3.05) is 40.9 Å². The van der Waals surface area contributed by atoms with E-state index in [4.69, 9.17) is 9.47 Å². The molecule has 0 saturated carbocycles. The van der Waals surface area contributed by atoms with Crippen LogP contribution in [0.4, 0.5) is 0 Å². The summed E-state index contributed by atoms with van der Waals surface area (Å²) in [6.07, 6.45) is -0.248. The number of hydrogen-bond acceptors (Lipinski definition) is 9. The number of ether oxygens (including phenoxy) is 2. The topological polar surface area (TPSA) is 152 Å². The molecule has 0 aliphatic carbocycles. The van der Waals surface area contributed by atoms with Crippen molar-refractivity contribution in [1.29, 1.82) is 0 Å². The molecule has 2 amide bonds. The molecule has 2 saturated heterocycles. The first kappa shape index (κ1) is 41.4. The van der Waals surface area contributed by atoms with Crippen LogP contribution in [0.2, 0.25) is 0 Å². The maximum absolute atomic E-state index is 13.5. The predicted octanol–water partition coefficient (Wildman–Crippen LogP) is 3.72. The fourth-order valence-corrected chi connectivity index (χ4v) is 7.19. The summed E-state index contributed by atoms with van der Waals surface area (Å²) >= 11 is 0. The molecule has 2 aliphatic rings. The minimum atomic E-state index is -1.50. The van der Waals surface area contributed by atoms with E-state index in [1.165, 1.54) is 7.11 Å². The third kappa shape index (κ3) is 9.24. The lowest BCUT2D eigenvalue weighted by molar-refractivity contribution is -0.232. The summed E-state index contributed by atoms with van der Waals surface area (Å²) in [6, 6.07) is 10.5. The molecule has 288 valence electrons. The fourth-order valence-electron chi connectivity index (χ4n) is 7.19. The maximum Gasteiger partial charge on any atom is 0.247 e. The molecule has 0 radical (unpaired) electrons. The number of nitrogens with one attached hydrogen (secondary N) is 1. The molecule has 2 aliphatic heterocycles. The van der Waals surface area contributed by atoms with Gasteiger partial charge in [-0.1, -0.05) is 44.2 Å². The molecule has 2 aromatic carbocycles. The molecule has 0 bridgehead atoms. The third-order valence-corrected chi connectivity index (χ3v) is 10.8. The van der Waals surface area contributed by atoms with Crippen molar-refractivity contribution in [3.05, 3.63) is 69.8 Å². The molecule has 5 N–H and O–H groups in total. The zero-order valence-electron chi connectivity index (χ0n) is 32.6. The first-order chi connectivity index (χ1) is 24.3. The minimum Gasteiger partial charge on any atom is -0.496 e. The van der Waals surface area contributed by atoms with Crippen molar-refractivity contribution in [1.82, 2.24) is 15.1 Å². The van der Waals surface area contributed by atoms with E-state index >= 15 is 0 Å². The number of benzene rings is 2. The highest BCUT2D eigenvalue weighted by Gasteiger charge is 2.45. The molecule has 5 atom stereocenters. The van der Waals surface area contributed by atoms with Gasteiger partial charge in [-0.3, -0.25) is 9.59 Å². The molecule has 2 heterocycles. The number of nitrogens with zero attached hydrogens (tertiary/aromatic N) is 2. The number of piperidine rings is 1. The Labute approximate surface area is 309 Å². The largest absolute Gasteiger partial charge is 0.496 e. The molecule has 0 spiro atoms. The smallest absolute Gasteiger partial charge is 0.247 e. The lowest BCUT2D eigenvalue weighted by Gasteiger charge is -2.40. The Morgan fingerprint density at radius 1 is 1.02 bits per heavy atom. The van der Waals surface area contributed by atoms with E-state index in [1.807, 2.05) is 56.0 Å². The summed E-state index contributed by atoms with van der Waals surface area (Å²) in [5, 5.41) is 44.5. The van der Waals surface area contributed by atoms with E-state index in [-0.39, 0.29) is 17.7 Å². The predicted molar refractivity (Wildman–Crippen MR) is 202 cm³/mol. The van der Waals surface area contributed by atoms with Crippen LogP contribution in [0.3, 0.4) is 0 Å². The number of likely N-dealkylation sites (tertiary alicyclic amines) is 1. The Hall–Kier alpha value is -3.32. The number of aliphatic hydroxyl groups is 4. The lowest BCUT2D eigenvalue weighted by atomic mass is 9.85. The zero-order chi connectivity index (χ0) is 38.7. The van der Waals surface area contributed by atoms with Gasteiger partial charge in [-0.25, -0.2) is 0 Å². The Balaban J connectivity index is 1.50. The monoisotopic (exact) mass is 723 g/mol. The first-order valence-corrected chi connectivity index (χ1v) is 18.4. The van der Waals surface area contributed by atoms with Gasteiger partial charge in [0.1, 0.15) is 41.8 Å². The standard InChI is InChI=1S/C41H61N3O8/c1-24(2)30-22-32(51-10)31(37-36(48)35(47)34(46)33(23-45)52-37)21-28(30)20-27-12-11-26(19-25(27)3)13-16-40(4,5)38(49)42-41(6,7)39(50)44-17-14-29(15-18-44)43(8)9/h11-13,16,19,21-22,24,29,33-37,45-48H,14-15,17-18,20,23H2,1-10H3,(H,42,49)/b16-13+/t33-,34-,35+,36-,37+/m1/s1. The summed E-state index contributed by atoms with van der Waals surface area (Å²) in [6.45, 7) is 14.3. The maximum atomic E-state index is 13.5. The van der Waals surface area contributed by atoms with Crippen LogP contribution in [0, 0.1) is 12.3 Å². The number of aryl methyl sites for hydroxylation is 1. The van der Waals surface area contributed by atoms with Gasteiger partial charge in [0.2, 0.25) is 11.8 Å². The van der Waals surface area contributed by atoms with Crippen LogP contribution in [0.1, 0.15) is 99.8 Å². The van der Waals surface area contributed by atoms with Crippen LogP contribution in [-0.2, 0) is 20.7 Å². The van der Waals surface area contributed by atoms with Gasteiger partial charge in [0.25, 0.3) is 0 Å². The summed E-state index contributed by atoms with van der Waals surface area (Å²) in [7, 11) is 5.66. The number of carbonyl (C=O) groups is 2. The molecule has 0 aromatic heterocycles. The summed E-state index contributed by atoms with van der Waals surface area (Å²) in [5.41, 5.74) is 3.72. The molecule has 52 heavy (non-hydrogen) atoms. The van der Waals surface area contributed by atoms with Gasteiger partial charge < -0.3 is 45.0 Å². The molecular formula is C41H61N3O8. The van der Waals surface area contributed by atoms with Gasteiger partial charge in [0, 0.05) is 24.7 Å². The summed E-state index contributed by atoms with van der Waals surface area (Å²) < 4.78 is 11.6. The second-order valence-corrected chi connectivity index (χ2v) is 16.2. The SMILES string of the molecule is COc1cc(C(C)C)c(Cc2ccc(/C=C/C(C)(C)C(=O)NC(C)(C)C(=O)N3CCC(N(C)C)CC3)cc2C)cc1[C@@H]1O[C@H](CO)[C@@H](O)[C@H](O)[C@H]1O. The number of carbonyl (C=O) groups excluding carboxylic acids is 2. The van der Waals surface area contributed by atoms with Crippen LogP contribution in [0.15, 0.2) is 36.4 Å². The average Bonchev–Trinajstić information content (AvgIpc) is 3.10. The Kier molecular flexibility index (Phi) is 13.4. The van der Waals surface area contributed by atoms with E-state index in [0.29, 0.717) is 36.9 Å². The Morgan fingerprint density at radius 3 is 2.23 bits per heavy atom. The van der Waals surface area contributed by atoms with E-state index < -0.39 is 48.1 Å². The second kappa shape index (κ2) is 16.8. The van der Waals surface area contributed by atoms with E-state index in [1.54, 1.807) is 13.8 Å². The Bertz CT molecular complexity index is 1590. The highest BCUT2D eigenvalue weighted by molar-refractivity contribution is 5.93. The quantitative estimate of drug-likeness (QED) is 0.221. The first-order valence-electron chi connectivity index (χ1n) is 18.4. The van der Waals surface area contributed by atoms with Crippen molar-refractivity contribution in [3.63, 3.8) is 0 Å². The normalized spacial score (nSPS) is 23.5. The lowest BCUT2D eigenvalue weighted by Crippen LogP contribution is -2.59. The van der Waals surface area contributed by atoms with Crippen molar-refractivity contribution in [3.8, 4) is 5.75 Å². The number of rotatable bonds is 12. The van der Waals surface area contributed by atoms with Gasteiger partial charge in [-0.05, 0) is 114 Å². The third-order valence-electron chi connectivity index (χ3n) is 10.8. The number of hydrogen-bond donors (Lipinski definition) is 5. The number of methoxy groups -OCH3 is 1. The van der Waals surface area contributed by atoms with E-state index in [9.17, 15) is 30.0 Å². The highest BCUT2D eigenvalue weighted by Crippen LogP contribution is 2.40. The zero-order valence-corrected chi connectivity index (χ0v) is 32.6. The van der Waals surface area contributed by atoms with Crippen molar-refractivity contribution in [2.45, 2.75) is 116 Å². The average molecular weight is 724 g/mol. The summed E-state index contributed by atoms with van der Waals surface area (Å²) in [4.78, 5) is 31.0. The van der Waals surface area contributed by atoms with Crippen LogP contribution in [0.5, 0.6) is 5.75 Å². The highest BCUT2D eigenvalue weighted by atomic mass is 16.5. The van der Waals surface area contributed by atoms with Gasteiger partial charge in [-0.15, -0.1) is 0 Å².